The lowest BCUT2D eigenvalue weighted by Gasteiger charge is -2.56. The van der Waals surface area contributed by atoms with Gasteiger partial charge in [-0.3, -0.25) is 0 Å². The van der Waals surface area contributed by atoms with Gasteiger partial charge in [0.05, 0.1) is 11.7 Å². The first kappa shape index (κ1) is 10.4. The molecule has 0 unspecified atom stereocenters. The van der Waals surface area contributed by atoms with Gasteiger partial charge >= 0.3 is 0 Å². The molecule has 0 saturated heterocycles. The van der Waals surface area contributed by atoms with E-state index in [-0.39, 0.29) is 17.4 Å². The van der Waals surface area contributed by atoms with Crippen LogP contribution in [0.3, 0.4) is 0 Å². The van der Waals surface area contributed by atoms with Gasteiger partial charge in [0, 0.05) is 0 Å². The van der Waals surface area contributed by atoms with E-state index in [2.05, 4.69) is 13.8 Å². The van der Waals surface area contributed by atoms with Crippen LogP contribution in [-0.4, -0.2) is 21.9 Å². The summed E-state index contributed by atoms with van der Waals surface area (Å²) in [6.45, 7) is 4.25. The van der Waals surface area contributed by atoms with E-state index in [4.69, 9.17) is 0 Å². The Hall–Kier alpha value is -0.0800. The standard InChI is InChI=1S/C12H22O2/c1-9-7-10(13)8-11(2)5-3-4-6-12(9,11)14/h9-10,13-14H,3-8H2,1-2H3/t9-,10-,11+,12-/m0/s1. The predicted molar refractivity (Wildman–Crippen MR) is 55.9 cm³/mol. The predicted octanol–water partition coefficient (Wildman–Crippen LogP) is 2.09. The second-order valence-corrected chi connectivity index (χ2v) is 5.69. The molecular weight excluding hydrogens is 176 g/mol. The normalized spacial score (nSPS) is 54.0. The van der Waals surface area contributed by atoms with Gasteiger partial charge in [0.2, 0.25) is 0 Å². The van der Waals surface area contributed by atoms with Crippen molar-refractivity contribution >= 4 is 0 Å². The van der Waals surface area contributed by atoms with Crippen LogP contribution in [0.4, 0.5) is 0 Å². The lowest BCUT2D eigenvalue weighted by molar-refractivity contribution is -0.187. The Kier molecular flexibility index (Phi) is 2.39. The summed E-state index contributed by atoms with van der Waals surface area (Å²) >= 11 is 0. The maximum Gasteiger partial charge on any atom is 0.0728 e. The first-order valence-corrected chi connectivity index (χ1v) is 5.88. The number of hydrogen-bond donors (Lipinski definition) is 2. The van der Waals surface area contributed by atoms with E-state index in [0.717, 1.165) is 32.1 Å². The minimum absolute atomic E-state index is 0.0394. The molecule has 2 nitrogen and oxygen atoms in total. The Bertz CT molecular complexity index is 228. The molecule has 0 aliphatic heterocycles. The molecule has 0 heterocycles. The smallest absolute Gasteiger partial charge is 0.0728 e. The van der Waals surface area contributed by atoms with Crippen LogP contribution in [0.1, 0.15) is 52.4 Å². The van der Waals surface area contributed by atoms with Gasteiger partial charge in [-0.1, -0.05) is 26.7 Å². The molecule has 0 bridgehead atoms. The zero-order chi connectivity index (χ0) is 10.4. The van der Waals surface area contributed by atoms with Crippen LogP contribution >= 0.6 is 0 Å². The van der Waals surface area contributed by atoms with Gasteiger partial charge in [-0.15, -0.1) is 0 Å². The van der Waals surface area contributed by atoms with E-state index in [9.17, 15) is 10.2 Å². The second-order valence-electron chi connectivity index (χ2n) is 5.69. The Labute approximate surface area is 86.3 Å². The summed E-state index contributed by atoms with van der Waals surface area (Å²) in [7, 11) is 0. The molecule has 2 saturated carbocycles. The number of aliphatic hydroxyl groups excluding tert-OH is 1. The second kappa shape index (κ2) is 3.21. The van der Waals surface area contributed by atoms with Crippen molar-refractivity contribution in [2.45, 2.75) is 64.1 Å². The molecule has 2 heteroatoms. The summed E-state index contributed by atoms with van der Waals surface area (Å²) in [6.07, 6.45) is 5.71. The molecule has 2 N–H and O–H groups in total. The highest BCUT2D eigenvalue weighted by molar-refractivity contribution is 5.06. The van der Waals surface area contributed by atoms with Crippen LogP contribution in [-0.2, 0) is 0 Å². The van der Waals surface area contributed by atoms with Crippen molar-refractivity contribution in [2.24, 2.45) is 11.3 Å². The van der Waals surface area contributed by atoms with E-state index in [1.54, 1.807) is 0 Å². The van der Waals surface area contributed by atoms with Gasteiger partial charge < -0.3 is 10.2 Å². The molecule has 0 spiro atoms. The van der Waals surface area contributed by atoms with Gasteiger partial charge in [0.1, 0.15) is 0 Å². The van der Waals surface area contributed by atoms with Crippen LogP contribution < -0.4 is 0 Å². The first-order chi connectivity index (χ1) is 6.48. The molecule has 4 atom stereocenters. The molecule has 2 rings (SSSR count). The summed E-state index contributed by atoms with van der Waals surface area (Å²) in [5, 5.41) is 20.5. The quantitative estimate of drug-likeness (QED) is 0.625. The van der Waals surface area contributed by atoms with Crippen molar-refractivity contribution in [1.82, 2.24) is 0 Å². The minimum atomic E-state index is -0.509. The number of hydrogen-bond acceptors (Lipinski definition) is 2. The summed E-state index contributed by atoms with van der Waals surface area (Å²) in [6, 6.07) is 0. The van der Waals surface area contributed by atoms with E-state index in [1.807, 2.05) is 0 Å². The van der Waals surface area contributed by atoms with Crippen molar-refractivity contribution in [3.05, 3.63) is 0 Å². The van der Waals surface area contributed by atoms with Crippen molar-refractivity contribution in [3.8, 4) is 0 Å². The molecule has 0 aromatic heterocycles. The van der Waals surface area contributed by atoms with Gasteiger partial charge in [-0.2, -0.15) is 0 Å². The fourth-order valence-corrected chi connectivity index (χ4v) is 3.75. The highest BCUT2D eigenvalue weighted by Gasteiger charge is 2.55. The van der Waals surface area contributed by atoms with Crippen LogP contribution in [0.25, 0.3) is 0 Å². The van der Waals surface area contributed by atoms with Gasteiger partial charge in [0.25, 0.3) is 0 Å². The molecular formula is C12H22O2. The fraction of sp³-hybridized carbons (Fsp3) is 1.00. The van der Waals surface area contributed by atoms with Crippen LogP contribution in [0, 0.1) is 11.3 Å². The number of fused-ring (bicyclic) bond motifs is 1. The Morgan fingerprint density at radius 3 is 2.57 bits per heavy atom. The summed E-state index contributed by atoms with van der Waals surface area (Å²) in [5.74, 6) is 0.247. The molecule has 2 aliphatic rings. The molecule has 0 aromatic carbocycles. The first-order valence-electron chi connectivity index (χ1n) is 5.88. The summed E-state index contributed by atoms with van der Waals surface area (Å²) < 4.78 is 0. The number of rotatable bonds is 0. The van der Waals surface area contributed by atoms with E-state index < -0.39 is 5.60 Å². The van der Waals surface area contributed by atoms with Gasteiger partial charge in [-0.05, 0) is 37.0 Å². The van der Waals surface area contributed by atoms with Crippen molar-refractivity contribution in [3.63, 3.8) is 0 Å². The maximum atomic E-state index is 10.7. The maximum absolute atomic E-state index is 10.7. The minimum Gasteiger partial charge on any atom is -0.393 e. The van der Waals surface area contributed by atoms with E-state index in [0.29, 0.717) is 0 Å². The molecule has 0 radical (unpaired) electrons. The Morgan fingerprint density at radius 2 is 1.86 bits per heavy atom. The summed E-state index contributed by atoms with van der Waals surface area (Å²) in [4.78, 5) is 0. The molecule has 0 aromatic rings. The largest absolute Gasteiger partial charge is 0.393 e. The zero-order valence-corrected chi connectivity index (χ0v) is 9.29. The molecule has 14 heavy (non-hydrogen) atoms. The van der Waals surface area contributed by atoms with E-state index in [1.165, 1.54) is 6.42 Å². The topological polar surface area (TPSA) is 40.5 Å². The average molecular weight is 198 g/mol. The fourth-order valence-electron chi connectivity index (χ4n) is 3.75. The average Bonchev–Trinajstić information content (AvgIpc) is 2.08. The molecule has 2 aliphatic carbocycles. The summed E-state index contributed by atoms with van der Waals surface area (Å²) in [5.41, 5.74) is -0.549. The van der Waals surface area contributed by atoms with Crippen molar-refractivity contribution in [1.29, 1.82) is 0 Å². The van der Waals surface area contributed by atoms with Gasteiger partial charge in [-0.25, -0.2) is 0 Å². The van der Waals surface area contributed by atoms with Crippen LogP contribution in [0.2, 0.25) is 0 Å². The Balaban J connectivity index is 2.28. The van der Waals surface area contributed by atoms with Crippen LogP contribution in [0.5, 0.6) is 0 Å². The van der Waals surface area contributed by atoms with Crippen LogP contribution in [0.15, 0.2) is 0 Å². The Morgan fingerprint density at radius 1 is 1.21 bits per heavy atom. The molecule has 2 fully saturated rings. The monoisotopic (exact) mass is 198 g/mol. The van der Waals surface area contributed by atoms with Crippen molar-refractivity contribution in [2.75, 3.05) is 0 Å². The third-order valence-electron chi connectivity index (χ3n) is 4.71. The van der Waals surface area contributed by atoms with Gasteiger partial charge in [0.15, 0.2) is 0 Å². The number of aliphatic hydroxyl groups is 2. The highest BCUT2D eigenvalue weighted by Crippen LogP contribution is 2.55. The molecule has 82 valence electrons. The third kappa shape index (κ3) is 1.31. The van der Waals surface area contributed by atoms with E-state index >= 15 is 0 Å². The lowest BCUT2D eigenvalue weighted by Crippen LogP contribution is -2.58. The highest BCUT2D eigenvalue weighted by atomic mass is 16.3. The van der Waals surface area contributed by atoms with Crippen molar-refractivity contribution < 1.29 is 10.2 Å². The third-order valence-corrected chi connectivity index (χ3v) is 4.71. The SMILES string of the molecule is C[C@H]1C[C@H](O)C[C@@]2(C)CCCC[C@]12O. The lowest BCUT2D eigenvalue weighted by atomic mass is 9.53. The molecule has 0 amide bonds. The zero-order valence-electron chi connectivity index (χ0n) is 9.29.